The van der Waals surface area contributed by atoms with Crippen LogP contribution in [0.25, 0.3) is 10.9 Å². The van der Waals surface area contributed by atoms with E-state index in [0.717, 1.165) is 12.1 Å². The predicted molar refractivity (Wildman–Crippen MR) is 77.9 cm³/mol. The third-order valence-electron chi connectivity index (χ3n) is 3.49. The number of nitrogens with one attached hydrogen (secondary N) is 2. The van der Waals surface area contributed by atoms with Gasteiger partial charge in [0.25, 0.3) is 0 Å². The number of aromatic amines is 1. The quantitative estimate of drug-likeness (QED) is 0.864. The summed E-state index contributed by atoms with van der Waals surface area (Å²) in [4.78, 5) is 16.9. The molecule has 0 radical (unpaired) electrons. The third-order valence-corrected chi connectivity index (χ3v) is 3.49. The Bertz CT molecular complexity index is 561. The van der Waals surface area contributed by atoms with Crippen molar-refractivity contribution in [2.24, 2.45) is 0 Å². The Morgan fingerprint density at radius 3 is 2.95 bits per heavy atom. The highest BCUT2D eigenvalue weighted by Crippen LogP contribution is 2.16. The third kappa shape index (κ3) is 2.96. The molecule has 1 aromatic carbocycles. The topological polar surface area (TPSA) is 48.1 Å². The van der Waals surface area contributed by atoms with Gasteiger partial charge < -0.3 is 15.2 Å². The number of aromatic nitrogens is 1. The van der Waals surface area contributed by atoms with E-state index in [1.165, 1.54) is 10.9 Å². The molecule has 1 atom stereocenters. The van der Waals surface area contributed by atoms with E-state index in [2.05, 4.69) is 28.5 Å². The number of hydrogen-bond donors (Lipinski definition) is 2. The van der Waals surface area contributed by atoms with Crippen molar-refractivity contribution in [2.45, 2.75) is 26.4 Å². The number of hydrogen-bond acceptors (Lipinski definition) is 2. The molecule has 1 aromatic heterocycles. The molecule has 0 fully saturated rings. The normalized spacial score (nSPS) is 12.6. The van der Waals surface area contributed by atoms with E-state index in [-0.39, 0.29) is 11.9 Å². The van der Waals surface area contributed by atoms with Gasteiger partial charge in [-0.1, -0.05) is 18.2 Å². The smallest absolute Gasteiger partial charge is 0.239 e. The molecule has 1 unspecified atom stereocenters. The fourth-order valence-corrected chi connectivity index (χ4v) is 2.13. The lowest BCUT2D eigenvalue weighted by molar-refractivity contribution is -0.131. The number of carbonyl (C=O) groups excluding carboxylic acids is 1. The minimum atomic E-state index is -0.171. The predicted octanol–water partition coefficient (Wildman–Crippen LogP) is 2.12. The first kappa shape index (κ1) is 13.6. The van der Waals surface area contributed by atoms with Crippen molar-refractivity contribution < 1.29 is 4.79 Å². The molecule has 0 saturated heterocycles. The molecule has 0 saturated carbocycles. The van der Waals surface area contributed by atoms with Gasteiger partial charge in [0.15, 0.2) is 0 Å². The van der Waals surface area contributed by atoms with Gasteiger partial charge in [-0.05, 0) is 30.9 Å². The fraction of sp³-hybridized carbons (Fsp3) is 0.400. The molecule has 0 bridgehead atoms. The molecular formula is C15H21N3O. The van der Waals surface area contributed by atoms with Crippen LogP contribution in [0.1, 0.15) is 19.4 Å². The molecule has 0 aliphatic carbocycles. The number of nitrogens with zero attached hydrogens (tertiary/aromatic N) is 1. The van der Waals surface area contributed by atoms with Gasteiger partial charge in [-0.15, -0.1) is 0 Å². The highest BCUT2D eigenvalue weighted by Gasteiger charge is 2.15. The van der Waals surface area contributed by atoms with E-state index < -0.39 is 0 Å². The molecule has 4 heteroatoms. The van der Waals surface area contributed by atoms with Crippen LogP contribution in [0.4, 0.5) is 0 Å². The Morgan fingerprint density at radius 2 is 2.21 bits per heavy atom. The van der Waals surface area contributed by atoms with E-state index in [1.54, 1.807) is 4.90 Å². The summed E-state index contributed by atoms with van der Waals surface area (Å²) in [5.74, 6) is 0.126. The number of benzene rings is 1. The van der Waals surface area contributed by atoms with Crippen LogP contribution in [0.5, 0.6) is 0 Å². The van der Waals surface area contributed by atoms with Crippen molar-refractivity contribution in [1.29, 1.82) is 0 Å². The molecule has 2 rings (SSSR count). The lowest BCUT2D eigenvalue weighted by Gasteiger charge is -2.20. The lowest BCUT2D eigenvalue weighted by Crippen LogP contribution is -2.42. The first-order chi connectivity index (χ1) is 9.13. The van der Waals surface area contributed by atoms with Gasteiger partial charge in [-0.2, -0.15) is 0 Å². The van der Waals surface area contributed by atoms with Crippen LogP contribution in [-0.4, -0.2) is 35.4 Å². The van der Waals surface area contributed by atoms with Gasteiger partial charge in [0.05, 0.1) is 6.04 Å². The molecule has 102 valence electrons. The fourth-order valence-electron chi connectivity index (χ4n) is 2.13. The SMILES string of the molecule is CCN(C)C(=O)C(C)NCc1cccc2cc[nH]c12. The van der Waals surface area contributed by atoms with E-state index >= 15 is 0 Å². The van der Waals surface area contributed by atoms with Crippen molar-refractivity contribution in [2.75, 3.05) is 13.6 Å². The number of para-hydroxylation sites is 1. The summed E-state index contributed by atoms with van der Waals surface area (Å²) in [6, 6.07) is 8.08. The number of likely N-dealkylation sites (N-methyl/N-ethyl adjacent to an activating group) is 1. The van der Waals surface area contributed by atoms with Gasteiger partial charge in [0.1, 0.15) is 0 Å². The summed E-state index contributed by atoms with van der Waals surface area (Å²) in [6.07, 6.45) is 1.94. The summed E-state index contributed by atoms with van der Waals surface area (Å²) < 4.78 is 0. The van der Waals surface area contributed by atoms with Gasteiger partial charge >= 0.3 is 0 Å². The highest BCUT2D eigenvalue weighted by atomic mass is 16.2. The van der Waals surface area contributed by atoms with Crippen molar-refractivity contribution in [1.82, 2.24) is 15.2 Å². The zero-order chi connectivity index (χ0) is 13.8. The molecule has 1 amide bonds. The first-order valence-electron chi connectivity index (χ1n) is 6.66. The maximum atomic E-state index is 12.0. The molecule has 19 heavy (non-hydrogen) atoms. The average Bonchev–Trinajstić information content (AvgIpc) is 2.91. The van der Waals surface area contributed by atoms with Crippen LogP contribution in [0.2, 0.25) is 0 Å². The number of carbonyl (C=O) groups is 1. The van der Waals surface area contributed by atoms with E-state index in [1.807, 2.05) is 33.2 Å². The van der Waals surface area contributed by atoms with Crippen LogP contribution < -0.4 is 5.32 Å². The summed E-state index contributed by atoms with van der Waals surface area (Å²) in [5.41, 5.74) is 2.32. The van der Waals surface area contributed by atoms with Gasteiger partial charge in [0.2, 0.25) is 5.91 Å². The summed E-state index contributed by atoms with van der Waals surface area (Å²) in [5, 5.41) is 4.48. The Hall–Kier alpha value is -1.81. The minimum absolute atomic E-state index is 0.126. The molecule has 2 aromatic rings. The van der Waals surface area contributed by atoms with Crippen molar-refractivity contribution >= 4 is 16.8 Å². The largest absolute Gasteiger partial charge is 0.361 e. The Labute approximate surface area is 113 Å². The van der Waals surface area contributed by atoms with Crippen LogP contribution in [0.15, 0.2) is 30.5 Å². The Morgan fingerprint density at radius 1 is 1.42 bits per heavy atom. The van der Waals surface area contributed by atoms with Crippen molar-refractivity contribution in [3.05, 3.63) is 36.0 Å². The molecule has 4 nitrogen and oxygen atoms in total. The summed E-state index contributed by atoms with van der Waals surface area (Å²) >= 11 is 0. The Balaban J connectivity index is 2.02. The second kappa shape index (κ2) is 5.89. The molecular weight excluding hydrogens is 238 g/mol. The highest BCUT2D eigenvalue weighted by molar-refractivity contribution is 5.83. The van der Waals surface area contributed by atoms with Crippen LogP contribution >= 0.6 is 0 Å². The van der Waals surface area contributed by atoms with Gasteiger partial charge in [0, 0.05) is 31.9 Å². The molecule has 0 aliphatic heterocycles. The molecule has 0 aliphatic rings. The average molecular weight is 259 g/mol. The zero-order valence-electron chi connectivity index (χ0n) is 11.7. The van der Waals surface area contributed by atoms with Gasteiger partial charge in [-0.25, -0.2) is 0 Å². The number of rotatable bonds is 5. The summed E-state index contributed by atoms with van der Waals surface area (Å²) in [6.45, 7) is 5.30. The van der Waals surface area contributed by atoms with Crippen LogP contribution in [0, 0.1) is 0 Å². The standard InChI is InChI=1S/C15H21N3O/c1-4-18(3)15(19)11(2)17-10-13-7-5-6-12-8-9-16-14(12)13/h5-9,11,16-17H,4,10H2,1-3H3. The van der Waals surface area contributed by atoms with Gasteiger partial charge in [-0.3, -0.25) is 4.79 Å². The number of H-pyrrole nitrogens is 1. The van der Waals surface area contributed by atoms with E-state index in [0.29, 0.717) is 6.54 Å². The van der Waals surface area contributed by atoms with Crippen molar-refractivity contribution in [3.8, 4) is 0 Å². The second-order valence-corrected chi connectivity index (χ2v) is 4.81. The Kier molecular flexibility index (Phi) is 4.22. The zero-order valence-corrected chi connectivity index (χ0v) is 11.7. The summed E-state index contributed by atoms with van der Waals surface area (Å²) in [7, 11) is 1.83. The number of fused-ring (bicyclic) bond motifs is 1. The lowest BCUT2D eigenvalue weighted by atomic mass is 10.1. The van der Waals surface area contributed by atoms with E-state index in [4.69, 9.17) is 0 Å². The van der Waals surface area contributed by atoms with Crippen LogP contribution in [0.3, 0.4) is 0 Å². The second-order valence-electron chi connectivity index (χ2n) is 4.81. The molecule has 1 heterocycles. The molecule has 2 N–H and O–H groups in total. The number of amides is 1. The maximum Gasteiger partial charge on any atom is 0.239 e. The first-order valence-corrected chi connectivity index (χ1v) is 6.66. The van der Waals surface area contributed by atoms with E-state index in [9.17, 15) is 4.79 Å². The van der Waals surface area contributed by atoms with Crippen LogP contribution in [-0.2, 0) is 11.3 Å². The maximum absolute atomic E-state index is 12.0. The molecule has 0 spiro atoms. The monoisotopic (exact) mass is 259 g/mol. The minimum Gasteiger partial charge on any atom is -0.361 e. The van der Waals surface area contributed by atoms with Crippen molar-refractivity contribution in [3.63, 3.8) is 0 Å².